The Morgan fingerprint density at radius 1 is 1.57 bits per heavy atom. The van der Waals surface area contributed by atoms with Gasteiger partial charge in [0.15, 0.2) is 0 Å². The summed E-state index contributed by atoms with van der Waals surface area (Å²) in [6.07, 6.45) is 1.67. The lowest BCUT2D eigenvalue weighted by molar-refractivity contribution is 0.307. The molecule has 1 aromatic carbocycles. The first-order chi connectivity index (χ1) is 6.77. The molecule has 0 aliphatic rings. The van der Waals surface area contributed by atoms with Crippen LogP contribution in [0.4, 0.5) is 0 Å². The molecule has 1 N–H and O–H groups in total. The molecule has 1 rings (SSSR count). The van der Waals surface area contributed by atoms with Crippen molar-refractivity contribution in [2.75, 3.05) is 20.3 Å². The van der Waals surface area contributed by atoms with Gasteiger partial charge in [-0.15, -0.1) is 0 Å². The van der Waals surface area contributed by atoms with Crippen molar-refractivity contribution in [3.63, 3.8) is 0 Å². The summed E-state index contributed by atoms with van der Waals surface area (Å²) in [6.45, 7) is 0.462. The van der Waals surface area contributed by atoms with E-state index < -0.39 is 0 Å². The number of halogens is 1. The van der Waals surface area contributed by atoms with E-state index in [1.807, 2.05) is 6.07 Å². The van der Waals surface area contributed by atoms with E-state index in [-0.39, 0.29) is 6.61 Å². The zero-order valence-electron chi connectivity index (χ0n) is 7.90. The van der Waals surface area contributed by atoms with E-state index in [1.165, 1.54) is 0 Å². The van der Waals surface area contributed by atoms with Gasteiger partial charge in [-0.2, -0.15) is 0 Å². The minimum Gasteiger partial charge on any atom is -0.495 e. The van der Waals surface area contributed by atoms with Crippen LogP contribution in [-0.4, -0.2) is 31.6 Å². The van der Waals surface area contributed by atoms with Crippen molar-refractivity contribution in [2.24, 2.45) is 4.99 Å². The standard InChI is InChI=1S/C10H12ClNO2/c1-14-10-3-2-8(6-9(10)11)7-12-4-5-13/h2-3,6-7,13H,4-5H2,1H3. The third kappa shape index (κ3) is 3.01. The van der Waals surface area contributed by atoms with Gasteiger partial charge in [0.25, 0.3) is 0 Å². The highest BCUT2D eigenvalue weighted by Gasteiger charge is 1.99. The van der Waals surface area contributed by atoms with Crippen molar-refractivity contribution >= 4 is 17.8 Å². The number of methoxy groups -OCH3 is 1. The number of rotatable bonds is 4. The molecule has 4 heteroatoms. The van der Waals surface area contributed by atoms with Crippen LogP contribution in [0.1, 0.15) is 5.56 Å². The molecule has 0 saturated carbocycles. The van der Waals surface area contributed by atoms with Crippen molar-refractivity contribution < 1.29 is 9.84 Å². The number of aliphatic hydroxyl groups is 1. The SMILES string of the molecule is COc1ccc(C=NCCO)cc1Cl. The quantitative estimate of drug-likeness (QED) is 0.775. The van der Waals surface area contributed by atoms with Gasteiger partial charge in [0.05, 0.1) is 25.3 Å². The molecule has 0 radical (unpaired) electrons. The van der Waals surface area contributed by atoms with Gasteiger partial charge in [-0.1, -0.05) is 11.6 Å². The summed E-state index contributed by atoms with van der Waals surface area (Å²) < 4.78 is 5.01. The Bertz CT molecular complexity index is 326. The first kappa shape index (κ1) is 11.0. The summed E-state index contributed by atoms with van der Waals surface area (Å²) in [6, 6.07) is 5.40. The molecule has 0 aliphatic carbocycles. The minimum absolute atomic E-state index is 0.0559. The van der Waals surface area contributed by atoms with Crippen molar-refractivity contribution in [1.82, 2.24) is 0 Å². The lowest BCUT2D eigenvalue weighted by Gasteiger charge is -2.02. The van der Waals surface area contributed by atoms with Crippen LogP contribution in [0.15, 0.2) is 23.2 Å². The molecule has 1 aromatic rings. The molecule has 0 bridgehead atoms. The Morgan fingerprint density at radius 3 is 2.93 bits per heavy atom. The highest BCUT2D eigenvalue weighted by Crippen LogP contribution is 2.24. The van der Waals surface area contributed by atoms with Gasteiger partial charge >= 0.3 is 0 Å². The highest BCUT2D eigenvalue weighted by atomic mass is 35.5. The van der Waals surface area contributed by atoms with Crippen molar-refractivity contribution in [3.8, 4) is 5.75 Å². The maximum atomic E-state index is 8.52. The van der Waals surface area contributed by atoms with E-state index in [4.69, 9.17) is 21.4 Å². The highest BCUT2D eigenvalue weighted by molar-refractivity contribution is 6.32. The topological polar surface area (TPSA) is 41.8 Å². The monoisotopic (exact) mass is 213 g/mol. The molecule has 0 spiro atoms. The molecule has 0 heterocycles. The second-order valence-corrected chi connectivity index (χ2v) is 3.06. The molecule has 0 amide bonds. The number of hydrogen-bond donors (Lipinski definition) is 1. The number of aliphatic hydroxyl groups excluding tert-OH is 1. The number of ether oxygens (including phenoxy) is 1. The summed E-state index contributed by atoms with van der Waals surface area (Å²) >= 11 is 5.91. The summed E-state index contributed by atoms with van der Waals surface area (Å²) in [5.74, 6) is 0.644. The molecule has 0 unspecified atom stereocenters. The lowest BCUT2D eigenvalue weighted by atomic mass is 10.2. The smallest absolute Gasteiger partial charge is 0.137 e. The first-order valence-electron chi connectivity index (χ1n) is 4.22. The zero-order chi connectivity index (χ0) is 10.4. The van der Waals surface area contributed by atoms with Gasteiger partial charge in [0.2, 0.25) is 0 Å². The van der Waals surface area contributed by atoms with Crippen LogP contribution in [0.2, 0.25) is 5.02 Å². The first-order valence-corrected chi connectivity index (χ1v) is 4.60. The van der Waals surface area contributed by atoms with Gasteiger partial charge < -0.3 is 9.84 Å². The second-order valence-electron chi connectivity index (χ2n) is 2.65. The Kier molecular flexibility index (Phi) is 4.43. The summed E-state index contributed by atoms with van der Waals surface area (Å²) in [4.78, 5) is 3.98. The second kappa shape index (κ2) is 5.62. The molecular formula is C10H12ClNO2. The maximum Gasteiger partial charge on any atom is 0.137 e. The van der Waals surface area contributed by atoms with Gasteiger partial charge in [0.1, 0.15) is 5.75 Å². The van der Waals surface area contributed by atoms with Crippen LogP contribution in [0.3, 0.4) is 0 Å². The average molecular weight is 214 g/mol. The van der Waals surface area contributed by atoms with Crippen molar-refractivity contribution in [1.29, 1.82) is 0 Å². The predicted molar refractivity (Wildman–Crippen MR) is 57.6 cm³/mol. The van der Waals surface area contributed by atoms with Gasteiger partial charge in [-0.05, 0) is 23.8 Å². The third-order valence-electron chi connectivity index (χ3n) is 1.65. The van der Waals surface area contributed by atoms with Crippen LogP contribution in [0.5, 0.6) is 5.75 Å². The molecule has 14 heavy (non-hydrogen) atoms. The number of benzene rings is 1. The molecular weight excluding hydrogens is 202 g/mol. The van der Waals surface area contributed by atoms with E-state index in [0.29, 0.717) is 17.3 Å². The fourth-order valence-electron chi connectivity index (χ4n) is 0.991. The summed E-state index contributed by atoms with van der Waals surface area (Å²) in [7, 11) is 1.57. The third-order valence-corrected chi connectivity index (χ3v) is 1.94. The lowest BCUT2D eigenvalue weighted by Crippen LogP contribution is -1.90. The Labute approximate surface area is 88.0 Å². The molecule has 0 aromatic heterocycles. The van der Waals surface area contributed by atoms with E-state index in [9.17, 15) is 0 Å². The Balaban J connectivity index is 2.76. The predicted octanol–water partition coefficient (Wildman–Crippen LogP) is 1.76. The molecule has 0 aliphatic heterocycles. The van der Waals surface area contributed by atoms with Crippen LogP contribution in [0.25, 0.3) is 0 Å². The van der Waals surface area contributed by atoms with Crippen LogP contribution >= 0.6 is 11.6 Å². The fourth-order valence-corrected chi connectivity index (χ4v) is 1.26. The van der Waals surface area contributed by atoms with Crippen molar-refractivity contribution in [2.45, 2.75) is 0 Å². The largest absolute Gasteiger partial charge is 0.495 e. The van der Waals surface area contributed by atoms with E-state index >= 15 is 0 Å². The molecule has 0 atom stereocenters. The number of hydrogen-bond acceptors (Lipinski definition) is 3. The van der Waals surface area contributed by atoms with Gasteiger partial charge in [-0.3, -0.25) is 4.99 Å². The number of aliphatic imine (C=N–C) groups is 1. The maximum absolute atomic E-state index is 8.52. The zero-order valence-corrected chi connectivity index (χ0v) is 8.66. The normalized spacial score (nSPS) is 10.8. The fraction of sp³-hybridized carbons (Fsp3) is 0.300. The summed E-state index contributed by atoms with van der Waals surface area (Å²) in [5.41, 5.74) is 0.893. The van der Waals surface area contributed by atoms with Crippen molar-refractivity contribution in [3.05, 3.63) is 28.8 Å². The van der Waals surface area contributed by atoms with E-state index in [2.05, 4.69) is 4.99 Å². The van der Waals surface area contributed by atoms with Gasteiger partial charge in [-0.25, -0.2) is 0 Å². The minimum atomic E-state index is 0.0559. The summed E-state index contributed by atoms with van der Waals surface area (Å²) in [5, 5.41) is 9.08. The van der Waals surface area contributed by atoms with Crippen LogP contribution < -0.4 is 4.74 Å². The molecule has 0 fully saturated rings. The molecule has 3 nitrogen and oxygen atoms in total. The van der Waals surface area contributed by atoms with E-state index in [0.717, 1.165) is 5.56 Å². The molecule has 76 valence electrons. The Morgan fingerprint density at radius 2 is 2.36 bits per heavy atom. The van der Waals surface area contributed by atoms with E-state index in [1.54, 1.807) is 25.5 Å². The van der Waals surface area contributed by atoms with Gasteiger partial charge in [0, 0.05) is 6.21 Å². The number of nitrogens with zero attached hydrogens (tertiary/aromatic N) is 1. The average Bonchev–Trinajstić information content (AvgIpc) is 2.18. The van der Waals surface area contributed by atoms with Crippen LogP contribution in [0, 0.1) is 0 Å². The molecule has 0 saturated heterocycles. The van der Waals surface area contributed by atoms with Crippen LogP contribution in [-0.2, 0) is 0 Å². The Hall–Kier alpha value is -1.06.